The number of pyridine rings is 3. The molecule has 3 heteroatoms. The van der Waals surface area contributed by atoms with Crippen LogP contribution in [0.25, 0.3) is 44.1 Å². The zero-order valence-electron chi connectivity index (χ0n) is 28.1. The molecule has 0 amide bonds. The van der Waals surface area contributed by atoms with Crippen LogP contribution in [0.2, 0.25) is 0 Å². The van der Waals surface area contributed by atoms with Crippen molar-refractivity contribution in [2.24, 2.45) is 7.05 Å². The molecule has 222 valence electrons. The molecule has 0 atom stereocenters. The van der Waals surface area contributed by atoms with E-state index in [1.54, 1.807) is 0 Å². The Morgan fingerprint density at radius 1 is 0.659 bits per heavy atom. The minimum absolute atomic E-state index is 0.0753. The third-order valence-electron chi connectivity index (χ3n) is 9.72. The highest BCUT2D eigenvalue weighted by atomic mass is 15.0. The van der Waals surface area contributed by atoms with Gasteiger partial charge in [0.2, 0.25) is 11.4 Å². The van der Waals surface area contributed by atoms with Gasteiger partial charge in [-0.05, 0) is 104 Å². The van der Waals surface area contributed by atoms with Gasteiger partial charge in [0.1, 0.15) is 7.05 Å². The number of hydrogen-bond donors (Lipinski definition) is 0. The van der Waals surface area contributed by atoms with Gasteiger partial charge in [0.25, 0.3) is 0 Å². The van der Waals surface area contributed by atoms with Gasteiger partial charge in [-0.1, -0.05) is 45.0 Å². The fourth-order valence-electron chi connectivity index (χ4n) is 6.74. The molecule has 3 aromatic heterocycles. The largest absolute Gasteiger partial charge is 0.258 e. The number of benzene rings is 3. The van der Waals surface area contributed by atoms with E-state index in [2.05, 4.69) is 158 Å². The third-order valence-corrected chi connectivity index (χ3v) is 9.72. The van der Waals surface area contributed by atoms with Crippen LogP contribution in [0.5, 0.6) is 0 Å². The smallest absolute Gasteiger partial charge is 0.220 e. The predicted octanol–water partition coefficient (Wildman–Crippen LogP) is 9.03. The SMILES string of the molecule is Cc1cc2c(ccc3c(-c4cc(C)c(C)c(C)c4C)[n+](Cc4ccccc4-c4cc(C(C)(C)C)cc[n+]4C)ccc32)c(C)n1. The van der Waals surface area contributed by atoms with Crippen molar-refractivity contribution in [1.29, 1.82) is 0 Å². The first-order valence-corrected chi connectivity index (χ1v) is 15.7. The van der Waals surface area contributed by atoms with Crippen molar-refractivity contribution in [3.63, 3.8) is 0 Å². The van der Waals surface area contributed by atoms with Crippen LogP contribution < -0.4 is 9.13 Å². The van der Waals surface area contributed by atoms with Gasteiger partial charge in [0.15, 0.2) is 18.9 Å². The van der Waals surface area contributed by atoms with Crippen molar-refractivity contribution in [3.05, 3.63) is 124 Å². The van der Waals surface area contributed by atoms with E-state index in [-0.39, 0.29) is 5.41 Å². The first-order chi connectivity index (χ1) is 20.8. The van der Waals surface area contributed by atoms with Crippen LogP contribution in [0.3, 0.4) is 0 Å². The highest BCUT2D eigenvalue weighted by Crippen LogP contribution is 2.36. The minimum Gasteiger partial charge on any atom is -0.258 e. The van der Waals surface area contributed by atoms with Gasteiger partial charge in [-0.25, -0.2) is 4.57 Å². The topological polar surface area (TPSA) is 20.6 Å². The average Bonchev–Trinajstić information content (AvgIpc) is 2.98. The summed E-state index contributed by atoms with van der Waals surface area (Å²) in [5.41, 5.74) is 15.3. The van der Waals surface area contributed by atoms with E-state index in [0.29, 0.717) is 0 Å². The van der Waals surface area contributed by atoms with E-state index >= 15 is 0 Å². The highest BCUT2D eigenvalue weighted by Gasteiger charge is 2.26. The second-order valence-electron chi connectivity index (χ2n) is 13.7. The minimum atomic E-state index is 0.0753. The van der Waals surface area contributed by atoms with Crippen LogP contribution >= 0.6 is 0 Å². The quantitative estimate of drug-likeness (QED) is 0.151. The second-order valence-corrected chi connectivity index (χ2v) is 13.7. The maximum Gasteiger partial charge on any atom is 0.220 e. The van der Waals surface area contributed by atoms with Crippen molar-refractivity contribution in [1.82, 2.24) is 4.98 Å². The first-order valence-electron chi connectivity index (χ1n) is 15.7. The molecule has 3 heterocycles. The number of aromatic nitrogens is 3. The van der Waals surface area contributed by atoms with Gasteiger partial charge in [-0.3, -0.25) is 4.98 Å². The van der Waals surface area contributed by atoms with Crippen LogP contribution in [-0.4, -0.2) is 4.98 Å². The molecule has 0 spiro atoms. The average molecular weight is 580 g/mol. The molecule has 3 aromatic carbocycles. The molecule has 0 saturated carbocycles. The molecule has 0 fully saturated rings. The summed E-state index contributed by atoms with van der Waals surface area (Å²) < 4.78 is 4.72. The molecular weight excluding hydrogens is 534 g/mol. The molecular formula is C41H45N3+2. The van der Waals surface area contributed by atoms with Crippen LogP contribution in [-0.2, 0) is 19.0 Å². The fourth-order valence-corrected chi connectivity index (χ4v) is 6.74. The molecule has 6 aromatic rings. The monoisotopic (exact) mass is 579 g/mol. The van der Waals surface area contributed by atoms with Crippen molar-refractivity contribution >= 4 is 21.5 Å². The Morgan fingerprint density at radius 2 is 1.39 bits per heavy atom. The molecule has 3 nitrogen and oxygen atoms in total. The number of rotatable bonds is 4. The summed E-state index contributed by atoms with van der Waals surface area (Å²) in [6.45, 7) is 20.9. The zero-order valence-corrected chi connectivity index (χ0v) is 28.1. The number of hydrogen-bond acceptors (Lipinski definition) is 1. The Balaban J connectivity index is 1.63. The molecule has 44 heavy (non-hydrogen) atoms. The summed E-state index contributed by atoms with van der Waals surface area (Å²) in [6.07, 6.45) is 4.50. The summed E-state index contributed by atoms with van der Waals surface area (Å²) in [6, 6.07) is 25.0. The van der Waals surface area contributed by atoms with E-state index in [1.165, 1.54) is 77.4 Å². The van der Waals surface area contributed by atoms with Crippen LogP contribution in [0.4, 0.5) is 0 Å². The van der Waals surface area contributed by atoms with Gasteiger partial charge in [0, 0.05) is 45.9 Å². The van der Waals surface area contributed by atoms with Gasteiger partial charge >= 0.3 is 0 Å². The van der Waals surface area contributed by atoms with Crippen LogP contribution in [0, 0.1) is 41.5 Å². The first kappa shape index (κ1) is 29.7. The van der Waals surface area contributed by atoms with Crippen molar-refractivity contribution in [2.45, 2.75) is 74.3 Å². The summed E-state index contributed by atoms with van der Waals surface area (Å²) in [4.78, 5) is 4.77. The van der Waals surface area contributed by atoms with Gasteiger partial charge in [-0.2, -0.15) is 4.57 Å². The lowest BCUT2D eigenvalue weighted by molar-refractivity contribution is -0.676. The van der Waals surface area contributed by atoms with Gasteiger partial charge < -0.3 is 0 Å². The Morgan fingerprint density at radius 3 is 2.14 bits per heavy atom. The number of aryl methyl sites for hydroxylation is 4. The second kappa shape index (κ2) is 11.0. The number of nitrogens with zero attached hydrogens (tertiary/aromatic N) is 3. The van der Waals surface area contributed by atoms with Gasteiger partial charge in [0.05, 0.1) is 16.5 Å². The summed E-state index contributed by atoms with van der Waals surface area (Å²) in [5, 5.41) is 5.03. The maximum atomic E-state index is 4.77. The molecule has 0 aliphatic rings. The Bertz CT molecular complexity index is 2090. The van der Waals surface area contributed by atoms with E-state index in [1.807, 2.05) is 0 Å². The maximum absolute atomic E-state index is 4.77. The van der Waals surface area contributed by atoms with Gasteiger partial charge in [-0.15, -0.1) is 0 Å². The molecule has 0 aliphatic carbocycles. The Labute approximate surface area is 262 Å². The van der Waals surface area contributed by atoms with E-state index in [4.69, 9.17) is 4.98 Å². The summed E-state index contributed by atoms with van der Waals surface area (Å²) in [7, 11) is 2.15. The highest BCUT2D eigenvalue weighted by molar-refractivity contribution is 6.11. The normalized spacial score (nSPS) is 12.0. The van der Waals surface area contributed by atoms with E-state index in [9.17, 15) is 0 Å². The van der Waals surface area contributed by atoms with E-state index < -0.39 is 0 Å². The third kappa shape index (κ3) is 5.09. The lowest BCUT2D eigenvalue weighted by Gasteiger charge is -2.19. The Kier molecular flexibility index (Phi) is 7.40. The molecule has 6 rings (SSSR count). The summed E-state index contributed by atoms with van der Waals surface area (Å²) in [5.74, 6) is 0. The predicted molar refractivity (Wildman–Crippen MR) is 184 cm³/mol. The molecule has 0 N–H and O–H groups in total. The zero-order chi connectivity index (χ0) is 31.5. The lowest BCUT2D eigenvalue weighted by atomic mass is 9.86. The standard InChI is InChI=1S/C41H45N3/c1-25-21-37(29(5)28(4)27(25)3)40-36-16-15-33-30(6)42-26(2)22-38(33)35(36)18-20-44(40)24-31-13-11-12-14-34(31)39-23-32(41(7,8)9)17-19-43(39)10/h11-23H,24H2,1-10H3/q+2. The molecule has 0 aliphatic heterocycles. The molecule has 0 unspecified atom stereocenters. The summed E-state index contributed by atoms with van der Waals surface area (Å²) >= 11 is 0. The van der Waals surface area contributed by atoms with Crippen LogP contribution in [0.15, 0.2) is 79.1 Å². The molecule has 0 saturated heterocycles. The Hall–Kier alpha value is -4.37. The lowest BCUT2D eigenvalue weighted by Crippen LogP contribution is -2.38. The number of fused-ring (bicyclic) bond motifs is 3. The molecule has 0 radical (unpaired) electrons. The van der Waals surface area contributed by atoms with Crippen molar-refractivity contribution in [2.75, 3.05) is 0 Å². The van der Waals surface area contributed by atoms with Crippen molar-refractivity contribution in [3.8, 4) is 22.5 Å². The van der Waals surface area contributed by atoms with E-state index in [0.717, 1.165) is 17.9 Å². The van der Waals surface area contributed by atoms with Crippen molar-refractivity contribution < 1.29 is 9.13 Å². The molecule has 0 bridgehead atoms. The fraction of sp³-hybridized carbons (Fsp3) is 0.293. The van der Waals surface area contributed by atoms with Crippen LogP contribution in [0.1, 0.15) is 65.5 Å².